The smallest absolute Gasteiger partial charge is 0.239 e. The first-order valence-electron chi connectivity index (χ1n) is 9.82. The predicted octanol–water partition coefficient (Wildman–Crippen LogP) is 3.32. The molecule has 3 rings (SSSR count). The van der Waals surface area contributed by atoms with Crippen LogP contribution in [0.25, 0.3) is 11.3 Å². The lowest BCUT2D eigenvalue weighted by molar-refractivity contribution is -0.127. The molecule has 32 heavy (non-hydrogen) atoms. The van der Waals surface area contributed by atoms with Crippen molar-refractivity contribution in [3.05, 3.63) is 54.6 Å². The van der Waals surface area contributed by atoms with Crippen molar-refractivity contribution in [1.29, 1.82) is 0 Å². The van der Waals surface area contributed by atoms with Gasteiger partial charge in [-0.2, -0.15) is 4.98 Å². The van der Waals surface area contributed by atoms with E-state index in [4.69, 9.17) is 4.74 Å². The van der Waals surface area contributed by atoms with Crippen LogP contribution in [0.5, 0.6) is 11.6 Å². The van der Waals surface area contributed by atoms with Gasteiger partial charge >= 0.3 is 0 Å². The molecule has 3 aromatic rings. The Morgan fingerprint density at radius 1 is 1.09 bits per heavy atom. The molecule has 0 aliphatic rings. The van der Waals surface area contributed by atoms with Crippen LogP contribution in [0.2, 0.25) is 0 Å². The predicted molar refractivity (Wildman–Crippen MR) is 118 cm³/mol. The summed E-state index contributed by atoms with van der Waals surface area (Å²) in [6.45, 7) is 3.85. The fourth-order valence-electron chi connectivity index (χ4n) is 2.69. The largest absolute Gasteiger partial charge is 0.434 e. The number of hydrogen-bond donors (Lipinski definition) is 2. The Kier molecular flexibility index (Phi) is 7.27. The quantitative estimate of drug-likeness (QED) is 0.555. The Morgan fingerprint density at radius 2 is 1.91 bits per heavy atom. The lowest BCUT2D eigenvalue weighted by atomic mass is 10.1. The molecule has 9 nitrogen and oxygen atoms in total. The number of nitrogens with one attached hydrogen (secondary N) is 2. The van der Waals surface area contributed by atoms with Crippen molar-refractivity contribution in [3.8, 4) is 22.9 Å². The molecule has 166 valence electrons. The third kappa shape index (κ3) is 6.21. The highest BCUT2D eigenvalue weighted by molar-refractivity contribution is 5.87. The van der Waals surface area contributed by atoms with E-state index in [1.807, 2.05) is 0 Å². The summed E-state index contributed by atoms with van der Waals surface area (Å²) in [6.07, 6.45) is 2.88. The monoisotopic (exact) mass is 438 g/mol. The van der Waals surface area contributed by atoms with Crippen LogP contribution in [0.15, 0.2) is 48.8 Å². The van der Waals surface area contributed by atoms with Gasteiger partial charge in [0.1, 0.15) is 11.6 Å². The topological polar surface area (TPSA) is 109 Å². The molecule has 0 radical (unpaired) electrons. The van der Waals surface area contributed by atoms with Crippen molar-refractivity contribution in [2.75, 3.05) is 30.8 Å². The van der Waals surface area contributed by atoms with Crippen LogP contribution >= 0.6 is 0 Å². The number of halogens is 1. The molecule has 2 heterocycles. The van der Waals surface area contributed by atoms with Gasteiger partial charge in [-0.1, -0.05) is 6.07 Å². The average molecular weight is 438 g/mol. The maximum atomic E-state index is 14.7. The third-order valence-corrected chi connectivity index (χ3v) is 4.40. The van der Waals surface area contributed by atoms with E-state index in [-0.39, 0.29) is 23.4 Å². The second-order valence-corrected chi connectivity index (χ2v) is 6.95. The van der Waals surface area contributed by atoms with E-state index < -0.39 is 5.82 Å². The Hall–Kier alpha value is -4.08. The standard InChI is InChI=1S/C22H23FN6O3/c1-14(30)26-20-6-4-5-18(27-20)16-7-8-19(17(23)11-16)32-22-13-24-12-21(28-22)25-9-10-29(3)15(2)31/h4-8,11-13H,9-10H2,1-3H3,(H,25,28)(H,26,27,30). The number of amides is 2. The molecule has 0 saturated heterocycles. The Bertz CT molecular complexity index is 1120. The number of aromatic nitrogens is 3. The molecule has 0 fully saturated rings. The maximum Gasteiger partial charge on any atom is 0.239 e. The Balaban J connectivity index is 1.69. The van der Waals surface area contributed by atoms with Gasteiger partial charge in [0.2, 0.25) is 17.7 Å². The van der Waals surface area contributed by atoms with Gasteiger partial charge < -0.3 is 20.3 Å². The van der Waals surface area contributed by atoms with Crippen molar-refractivity contribution in [2.24, 2.45) is 0 Å². The molecule has 0 aliphatic heterocycles. The van der Waals surface area contributed by atoms with Crippen molar-refractivity contribution in [2.45, 2.75) is 13.8 Å². The number of rotatable bonds is 8. The number of likely N-dealkylation sites (N-methyl/N-ethyl adjacent to an activating group) is 1. The van der Waals surface area contributed by atoms with Gasteiger partial charge in [0.15, 0.2) is 11.6 Å². The normalized spacial score (nSPS) is 10.4. The van der Waals surface area contributed by atoms with E-state index in [0.29, 0.717) is 36.0 Å². The van der Waals surface area contributed by atoms with Crippen molar-refractivity contribution in [3.63, 3.8) is 0 Å². The number of pyridine rings is 1. The molecule has 2 amide bonds. The van der Waals surface area contributed by atoms with Gasteiger partial charge in [-0.25, -0.2) is 9.37 Å². The molecule has 1 aromatic carbocycles. The molecule has 2 N–H and O–H groups in total. The molecular formula is C22H23FN6O3. The fraction of sp³-hybridized carbons (Fsp3) is 0.227. The van der Waals surface area contributed by atoms with Crippen LogP contribution in [-0.4, -0.2) is 51.8 Å². The summed E-state index contributed by atoms with van der Waals surface area (Å²) in [4.78, 5) is 36.6. The first-order valence-corrected chi connectivity index (χ1v) is 9.82. The van der Waals surface area contributed by atoms with Gasteiger partial charge in [0.05, 0.1) is 18.1 Å². The van der Waals surface area contributed by atoms with E-state index >= 15 is 0 Å². The van der Waals surface area contributed by atoms with Crippen LogP contribution in [0, 0.1) is 5.82 Å². The van der Waals surface area contributed by atoms with Crippen LogP contribution in [0.1, 0.15) is 13.8 Å². The van der Waals surface area contributed by atoms with Gasteiger partial charge in [-0.05, 0) is 30.3 Å². The second kappa shape index (κ2) is 10.3. The molecule has 0 saturated carbocycles. The van der Waals surface area contributed by atoms with E-state index in [0.717, 1.165) is 0 Å². The highest BCUT2D eigenvalue weighted by Crippen LogP contribution is 2.28. The molecule has 10 heteroatoms. The van der Waals surface area contributed by atoms with Crippen LogP contribution in [0.4, 0.5) is 16.0 Å². The zero-order chi connectivity index (χ0) is 23.1. The lowest BCUT2D eigenvalue weighted by Crippen LogP contribution is -2.29. The van der Waals surface area contributed by atoms with Crippen molar-refractivity contribution >= 4 is 23.5 Å². The minimum absolute atomic E-state index is 0.0190. The molecule has 0 bridgehead atoms. The van der Waals surface area contributed by atoms with Crippen LogP contribution < -0.4 is 15.4 Å². The number of carbonyl (C=O) groups is 2. The SMILES string of the molecule is CC(=O)Nc1cccc(-c2ccc(Oc3cncc(NCCN(C)C(C)=O)n3)c(F)c2)n1. The number of ether oxygens (including phenoxy) is 1. The summed E-state index contributed by atoms with van der Waals surface area (Å²) >= 11 is 0. The van der Waals surface area contributed by atoms with Gasteiger partial charge in [0, 0.05) is 39.5 Å². The zero-order valence-electron chi connectivity index (χ0n) is 17.9. The Labute approximate surface area is 184 Å². The number of nitrogens with zero attached hydrogens (tertiary/aromatic N) is 4. The van der Waals surface area contributed by atoms with Gasteiger partial charge in [0.25, 0.3) is 0 Å². The molecule has 0 aliphatic carbocycles. The molecule has 0 unspecified atom stereocenters. The van der Waals surface area contributed by atoms with E-state index in [9.17, 15) is 14.0 Å². The minimum Gasteiger partial charge on any atom is -0.434 e. The summed E-state index contributed by atoms with van der Waals surface area (Å²) in [6, 6.07) is 9.51. The highest BCUT2D eigenvalue weighted by Gasteiger charge is 2.11. The number of carbonyl (C=O) groups excluding carboxylic acids is 2. The van der Waals surface area contributed by atoms with Gasteiger partial charge in [-0.15, -0.1) is 0 Å². The first kappa shape index (κ1) is 22.6. The zero-order valence-corrected chi connectivity index (χ0v) is 17.9. The first-order chi connectivity index (χ1) is 15.3. The van der Waals surface area contributed by atoms with Crippen LogP contribution in [-0.2, 0) is 9.59 Å². The third-order valence-electron chi connectivity index (χ3n) is 4.40. The van der Waals surface area contributed by atoms with Crippen molar-refractivity contribution < 1.29 is 18.7 Å². The second-order valence-electron chi connectivity index (χ2n) is 6.95. The summed E-state index contributed by atoms with van der Waals surface area (Å²) < 4.78 is 20.2. The van der Waals surface area contributed by atoms with E-state index in [1.165, 1.54) is 38.4 Å². The highest BCUT2D eigenvalue weighted by atomic mass is 19.1. The summed E-state index contributed by atoms with van der Waals surface area (Å²) in [5.74, 6) is 0.0406. The van der Waals surface area contributed by atoms with Crippen molar-refractivity contribution in [1.82, 2.24) is 19.9 Å². The molecular weight excluding hydrogens is 415 g/mol. The van der Waals surface area contributed by atoms with Crippen LogP contribution in [0.3, 0.4) is 0 Å². The molecule has 0 atom stereocenters. The molecule has 2 aromatic heterocycles. The Morgan fingerprint density at radius 3 is 2.62 bits per heavy atom. The summed E-state index contributed by atoms with van der Waals surface area (Å²) in [7, 11) is 1.70. The number of anilines is 2. The van der Waals surface area contributed by atoms with E-state index in [2.05, 4.69) is 25.6 Å². The summed E-state index contributed by atoms with van der Waals surface area (Å²) in [5.41, 5.74) is 1.03. The van der Waals surface area contributed by atoms with Gasteiger partial charge in [-0.3, -0.25) is 14.6 Å². The number of benzene rings is 1. The maximum absolute atomic E-state index is 14.7. The van der Waals surface area contributed by atoms with E-state index in [1.54, 1.807) is 36.2 Å². The number of hydrogen-bond acceptors (Lipinski definition) is 7. The molecule has 0 spiro atoms. The fourth-order valence-corrected chi connectivity index (χ4v) is 2.69. The summed E-state index contributed by atoms with van der Waals surface area (Å²) in [5, 5.41) is 5.64. The minimum atomic E-state index is -0.600. The average Bonchev–Trinajstić information content (AvgIpc) is 2.75. The lowest BCUT2D eigenvalue weighted by Gasteiger charge is -2.15.